The van der Waals surface area contributed by atoms with Crippen LogP contribution in [-0.4, -0.2) is 30.4 Å². The van der Waals surface area contributed by atoms with E-state index in [0.29, 0.717) is 25.1 Å². The van der Waals surface area contributed by atoms with Gasteiger partial charge in [0.05, 0.1) is 0 Å². The van der Waals surface area contributed by atoms with E-state index in [2.05, 4.69) is 16.0 Å². The van der Waals surface area contributed by atoms with Crippen LogP contribution in [0.2, 0.25) is 0 Å². The third kappa shape index (κ3) is 8.54. The summed E-state index contributed by atoms with van der Waals surface area (Å²) in [6.07, 6.45) is 0.899. The number of aryl methyl sites for hydroxylation is 1. The van der Waals surface area contributed by atoms with Gasteiger partial charge in [-0.25, -0.2) is 4.79 Å². The fourth-order valence-corrected chi connectivity index (χ4v) is 3.61. The second-order valence-electron chi connectivity index (χ2n) is 8.94. The fourth-order valence-electron chi connectivity index (χ4n) is 3.61. The highest BCUT2D eigenvalue weighted by Crippen LogP contribution is 2.32. The molecule has 0 aliphatic heterocycles. The summed E-state index contributed by atoms with van der Waals surface area (Å²) in [5.41, 5.74) is 6.62. The summed E-state index contributed by atoms with van der Waals surface area (Å²) in [6, 6.07) is 6.16. The van der Waals surface area contributed by atoms with Gasteiger partial charge < -0.3 is 21.7 Å². The van der Waals surface area contributed by atoms with Crippen molar-refractivity contribution in [1.82, 2.24) is 10.6 Å². The molecular formula is C22H36N4O3. The summed E-state index contributed by atoms with van der Waals surface area (Å²) in [7, 11) is 0. The molecule has 4 amide bonds. The zero-order valence-electron chi connectivity index (χ0n) is 18.5. The predicted molar refractivity (Wildman–Crippen MR) is 116 cm³/mol. The number of nitrogens with one attached hydrogen (secondary N) is 3. The molecule has 0 radical (unpaired) electrons. The highest BCUT2D eigenvalue weighted by Gasteiger charge is 2.35. The second kappa shape index (κ2) is 10.8. The van der Waals surface area contributed by atoms with Crippen LogP contribution in [0.5, 0.6) is 0 Å². The Hall–Kier alpha value is -2.57. The molecule has 0 heterocycles. The molecule has 0 spiro atoms. The summed E-state index contributed by atoms with van der Waals surface area (Å²) < 4.78 is 0. The number of carbonyl (C=O) groups is 3. The van der Waals surface area contributed by atoms with Crippen LogP contribution in [0, 0.1) is 24.2 Å². The van der Waals surface area contributed by atoms with Gasteiger partial charge in [0, 0.05) is 18.2 Å². The Bertz CT molecular complexity index is 693. The Balaban J connectivity index is 2.90. The van der Waals surface area contributed by atoms with E-state index in [0.717, 1.165) is 5.56 Å². The molecule has 1 aromatic rings. The minimum Gasteiger partial charge on any atom is -0.352 e. The molecule has 0 aliphatic carbocycles. The van der Waals surface area contributed by atoms with Gasteiger partial charge in [0.25, 0.3) is 0 Å². The molecule has 0 aromatic heterocycles. The maximum absolute atomic E-state index is 13.0. The maximum Gasteiger partial charge on any atom is 0.312 e. The van der Waals surface area contributed by atoms with Crippen LogP contribution in [0.25, 0.3) is 0 Å². The van der Waals surface area contributed by atoms with E-state index < -0.39 is 12.1 Å². The molecule has 29 heavy (non-hydrogen) atoms. The molecule has 7 nitrogen and oxygen atoms in total. The zero-order valence-corrected chi connectivity index (χ0v) is 18.5. The first kappa shape index (κ1) is 24.5. The lowest BCUT2D eigenvalue weighted by molar-refractivity contribution is -0.133. The largest absolute Gasteiger partial charge is 0.352 e. The van der Waals surface area contributed by atoms with Crippen LogP contribution in [0.3, 0.4) is 0 Å². The van der Waals surface area contributed by atoms with Gasteiger partial charge in [-0.1, -0.05) is 52.3 Å². The first-order chi connectivity index (χ1) is 13.4. The number of hydrogen-bond acceptors (Lipinski definition) is 3. The number of rotatable bonds is 9. The van der Waals surface area contributed by atoms with Gasteiger partial charge in [-0.3, -0.25) is 9.59 Å². The van der Waals surface area contributed by atoms with E-state index >= 15 is 0 Å². The third-order valence-electron chi connectivity index (χ3n) is 4.80. The van der Waals surface area contributed by atoms with Crippen molar-refractivity contribution < 1.29 is 14.4 Å². The molecule has 1 aromatic carbocycles. The van der Waals surface area contributed by atoms with Crippen LogP contribution in [-0.2, 0) is 9.59 Å². The van der Waals surface area contributed by atoms with E-state index in [1.807, 2.05) is 65.8 Å². The molecule has 2 atom stereocenters. The minimum atomic E-state index is -0.706. The van der Waals surface area contributed by atoms with Gasteiger partial charge in [-0.15, -0.1) is 0 Å². The monoisotopic (exact) mass is 404 g/mol. The summed E-state index contributed by atoms with van der Waals surface area (Å²) >= 11 is 0. The Morgan fingerprint density at radius 3 is 2.10 bits per heavy atom. The highest BCUT2D eigenvalue weighted by atomic mass is 16.2. The molecule has 2 unspecified atom stereocenters. The van der Waals surface area contributed by atoms with Crippen molar-refractivity contribution in [3.63, 3.8) is 0 Å². The third-order valence-corrected chi connectivity index (χ3v) is 4.80. The van der Waals surface area contributed by atoms with Gasteiger partial charge >= 0.3 is 6.03 Å². The maximum atomic E-state index is 13.0. The molecule has 0 bridgehead atoms. The molecule has 162 valence electrons. The van der Waals surface area contributed by atoms with Crippen molar-refractivity contribution in [1.29, 1.82) is 0 Å². The molecule has 1 rings (SSSR count). The van der Waals surface area contributed by atoms with Crippen molar-refractivity contribution in [2.24, 2.45) is 23.0 Å². The lowest BCUT2D eigenvalue weighted by atomic mass is 9.73. The first-order valence-corrected chi connectivity index (χ1v) is 10.1. The van der Waals surface area contributed by atoms with Crippen molar-refractivity contribution in [3.8, 4) is 0 Å². The van der Waals surface area contributed by atoms with Crippen molar-refractivity contribution in [3.05, 3.63) is 29.8 Å². The van der Waals surface area contributed by atoms with Gasteiger partial charge in [0.15, 0.2) is 0 Å². The molecular weight excluding hydrogens is 368 g/mol. The SMILES string of the molecule is Cc1ccc(NC(=O)C(CCCNC(N)=O)NC(=O)C(C(C)C)C(C)(C)C)cc1. The summed E-state index contributed by atoms with van der Waals surface area (Å²) in [5.74, 6) is -0.523. The number of primary amides is 1. The first-order valence-electron chi connectivity index (χ1n) is 10.1. The Morgan fingerprint density at radius 2 is 1.62 bits per heavy atom. The predicted octanol–water partition coefficient (Wildman–Crippen LogP) is 3.19. The standard InChI is InChI=1S/C22H36N4O3/c1-14(2)18(22(4,5)6)20(28)26-17(8-7-13-24-21(23)29)19(27)25-16-11-9-15(3)10-12-16/h9-12,14,17-18H,7-8,13H2,1-6H3,(H,25,27)(H,26,28)(H3,23,24,29). The van der Waals surface area contributed by atoms with Crippen molar-refractivity contribution >= 4 is 23.5 Å². The number of anilines is 1. The molecule has 7 heteroatoms. The quantitative estimate of drug-likeness (QED) is 0.474. The highest BCUT2D eigenvalue weighted by molar-refractivity contribution is 5.97. The molecule has 5 N–H and O–H groups in total. The number of urea groups is 1. The number of benzene rings is 1. The van der Waals surface area contributed by atoms with Crippen LogP contribution >= 0.6 is 0 Å². The smallest absolute Gasteiger partial charge is 0.312 e. The van der Waals surface area contributed by atoms with Gasteiger partial charge in [-0.05, 0) is 43.2 Å². The summed E-state index contributed by atoms with van der Waals surface area (Å²) in [6.45, 7) is 12.4. The molecule has 0 fully saturated rings. The van der Waals surface area contributed by atoms with Crippen LogP contribution in [0.4, 0.5) is 10.5 Å². The molecule has 0 saturated heterocycles. The fraction of sp³-hybridized carbons (Fsp3) is 0.591. The van der Waals surface area contributed by atoms with Crippen LogP contribution < -0.4 is 21.7 Å². The van der Waals surface area contributed by atoms with Gasteiger partial charge in [0.2, 0.25) is 11.8 Å². The van der Waals surface area contributed by atoms with E-state index in [1.165, 1.54) is 0 Å². The number of nitrogens with two attached hydrogens (primary N) is 1. The van der Waals surface area contributed by atoms with Gasteiger partial charge in [-0.2, -0.15) is 0 Å². The van der Waals surface area contributed by atoms with E-state index in [4.69, 9.17) is 5.73 Å². The van der Waals surface area contributed by atoms with Crippen molar-refractivity contribution in [2.45, 2.75) is 60.4 Å². The zero-order chi connectivity index (χ0) is 22.2. The Morgan fingerprint density at radius 1 is 1.03 bits per heavy atom. The summed E-state index contributed by atoms with van der Waals surface area (Å²) in [5, 5.41) is 8.30. The summed E-state index contributed by atoms with van der Waals surface area (Å²) in [4.78, 5) is 36.7. The topological polar surface area (TPSA) is 113 Å². The van der Waals surface area contributed by atoms with Crippen LogP contribution in [0.1, 0.15) is 53.0 Å². The van der Waals surface area contributed by atoms with E-state index in [9.17, 15) is 14.4 Å². The average Bonchev–Trinajstić information content (AvgIpc) is 2.57. The number of hydrogen-bond donors (Lipinski definition) is 4. The number of amides is 4. The minimum absolute atomic E-state index is 0.132. The van der Waals surface area contributed by atoms with Crippen molar-refractivity contribution in [2.75, 3.05) is 11.9 Å². The van der Waals surface area contributed by atoms with Crippen LogP contribution in [0.15, 0.2) is 24.3 Å². The molecule has 0 aliphatic rings. The Kier molecular flexibility index (Phi) is 9.14. The molecule has 0 saturated carbocycles. The van der Waals surface area contributed by atoms with E-state index in [-0.39, 0.29) is 29.1 Å². The van der Waals surface area contributed by atoms with Gasteiger partial charge in [0.1, 0.15) is 6.04 Å². The normalized spacial score (nSPS) is 13.5. The Labute approximate surface area is 174 Å². The average molecular weight is 405 g/mol. The lowest BCUT2D eigenvalue weighted by Gasteiger charge is -2.34. The second-order valence-corrected chi connectivity index (χ2v) is 8.94. The lowest BCUT2D eigenvalue weighted by Crippen LogP contribution is -2.49. The number of carbonyl (C=O) groups excluding carboxylic acids is 3. The van der Waals surface area contributed by atoms with E-state index in [1.54, 1.807) is 0 Å².